The second-order valence-corrected chi connectivity index (χ2v) is 13.1. The molecule has 1 saturated heterocycles. The number of benzene rings is 3. The number of carbonyl (C=O) groups excluding carboxylic acids is 2. The van der Waals surface area contributed by atoms with E-state index in [9.17, 15) is 24.6 Å². The van der Waals surface area contributed by atoms with Crippen LogP contribution in [-0.4, -0.2) is 71.9 Å². The number of aromatic amines is 1. The molecule has 2 unspecified atom stereocenters. The van der Waals surface area contributed by atoms with Crippen LogP contribution in [0.15, 0.2) is 108 Å². The van der Waals surface area contributed by atoms with Gasteiger partial charge in [-0.2, -0.15) is 0 Å². The summed E-state index contributed by atoms with van der Waals surface area (Å²) in [5.74, 6) is -0.109. The van der Waals surface area contributed by atoms with Gasteiger partial charge in [0, 0.05) is 35.5 Å². The van der Waals surface area contributed by atoms with Crippen LogP contribution < -0.4 is 26.8 Å². The Hall–Kier alpha value is -5.07. The second-order valence-electron chi connectivity index (χ2n) is 13.1. The third-order valence-corrected chi connectivity index (χ3v) is 9.69. The molecule has 266 valence electrons. The number of hydrogen-bond acceptors (Lipinski definition) is 9. The highest BCUT2D eigenvalue weighted by Gasteiger charge is 2.39. The van der Waals surface area contributed by atoms with Gasteiger partial charge in [-0.25, -0.2) is 4.79 Å². The number of alkyl carbamates (subject to hydrolysis) is 1. The quantitative estimate of drug-likeness (QED) is 0.0761. The molecule has 0 bridgehead atoms. The van der Waals surface area contributed by atoms with E-state index in [1.165, 1.54) is 12.1 Å². The van der Waals surface area contributed by atoms with Crippen molar-refractivity contribution in [3.63, 3.8) is 0 Å². The lowest BCUT2D eigenvalue weighted by atomic mass is 9.69. The first-order chi connectivity index (χ1) is 24.8. The molecule has 6 rings (SSSR count). The second kappa shape index (κ2) is 16.8. The van der Waals surface area contributed by atoms with E-state index in [1.807, 2.05) is 54.6 Å². The Morgan fingerprint density at radius 3 is 2.61 bits per heavy atom. The van der Waals surface area contributed by atoms with Gasteiger partial charge in [-0.1, -0.05) is 78.9 Å². The van der Waals surface area contributed by atoms with Crippen LogP contribution in [0.1, 0.15) is 52.4 Å². The molecule has 51 heavy (non-hydrogen) atoms. The number of Topliss-reactive ketones (excluding diaryl/α,β-unsaturated/α-hetero) is 1. The van der Waals surface area contributed by atoms with Crippen LogP contribution in [0.25, 0.3) is 10.9 Å². The van der Waals surface area contributed by atoms with Crippen molar-refractivity contribution in [2.45, 2.75) is 49.5 Å². The topological polar surface area (TPSA) is 165 Å². The molecule has 0 saturated carbocycles. The first-order valence-corrected chi connectivity index (χ1v) is 17.5. The number of hydrogen-bond donors (Lipinski definition) is 7. The highest BCUT2D eigenvalue weighted by Crippen LogP contribution is 2.36. The predicted molar refractivity (Wildman–Crippen MR) is 197 cm³/mol. The Kier molecular flexibility index (Phi) is 11.7. The van der Waals surface area contributed by atoms with Crippen molar-refractivity contribution in [2.24, 2.45) is 0 Å². The average molecular weight is 692 g/mol. The first-order valence-electron chi connectivity index (χ1n) is 17.5. The molecule has 1 amide bonds. The summed E-state index contributed by atoms with van der Waals surface area (Å²) in [6.45, 7) is 2.98. The number of rotatable bonds is 14. The summed E-state index contributed by atoms with van der Waals surface area (Å²) in [5.41, 5.74) is 2.51. The van der Waals surface area contributed by atoms with E-state index in [2.05, 4.69) is 44.5 Å². The van der Waals surface area contributed by atoms with E-state index >= 15 is 0 Å². The van der Waals surface area contributed by atoms with E-state index in [1.54, 1.807) is 18.2 Å². The number of phenols is 1. The zero-order valence-corrected chi connectivity index (χ0v) is 28.4. The number of ketones is 1. The molecule has 3 aromatic carbocycles. The van der Waals surface area contributed by atoms with Crippen molar-refractivity contribution in [1.29, 1.82) is 0 Å². The van der Waals surface area contributed by atoms with Crippen LogP contribution in [0.5, 0.6) is 5.75 Å². The summed E-state index contributed by atoms with van der Waals surface area (Å²) >= 11 is 0. The van der Waals surface area contributed by atoms with Crippen molar-refractivity contribution in [3.8, 4) is 5.75 Å². The van der Waals surface area contributed by atoms with Gasteiger partial charge in [-0.05, 0) is 73.8 Å². The number of aromatic nitrogens is 1. The largest absolute Gasteiger partial charge is 0.506 e. The number of ether oxygens (including phenoxy) is 1. The summed E-state index contributed by atoms with van der Waals surface area (Å²) in [4.78, 5) is 40.6. The van der Waals surface area contributed by atoms with Gasteiger partial charge in [0.25, 0.3) is 0 Å². The zero-order chi connectivity index (χ0) is 35.6. The van der Waals surface area contributed by atoms with E-state index in [-0.39, 0.29) is 47.8 Å². The number of allylic oxidation sites excluding steroid dienone is 2. The Labute approximate surface area is 296 Å². The zero-order valence-electron chi connectivity index (χ0n) is 28.4. The molecular weight excluding hydrogens is 646 g/mol. The fourth-order valence-electron chi connectivity index (χ4n) is 6.95. The van der Waals surface area contributed by atoms with Gasteiger partial charge in [-0.3, -0.25) is 9.59 Å². The number of piperidine rings is 1. The minimum Gasteiger partial charge on any atom is -0.506 e. The molecule has 1 aliphatic heterocycles. The maximum atomic E-state index is 13.3. The van der Waals surface area contributed by atoms with Crippen LogP contribution in [0.4, 0.5) is 4.79 Å². The Balaban J connectivity index is 1.03. The number of fused-ring (bicyclic) bond motifs is 1. The molecule has 1 fully saturated rings. The minimum absolute atomic E-state index is 0.0468. The summed E-state index contributed by atoms with van der Waals surface area (Å²) in [6, 6.07) is 23.2. The van der Waals surface area contributed by atoms with Gasteiger partial charge in [0.2, 0.25) is 5.56 Å². The fourth-order valence-corrected chi connectivity index (χ4v) is 6.95. The maximum absolute atomic E-state index is 13.3. The molecule has 7 N–H and O–H groups in total. The molecule has 3 atom stereocenters. The van der Waals surface area contributed by atoms with E-state index in [4.69, 9.17) is 4.74 Å². The normalized spacial score (nSPS) is 19.5. The third kappa shape index (κ3) is 8.81. The Morgan fingerprint density at radius 2 is 1.78 bits per heavy atom. The Morgan fingerprint density at radius 1 is 0.961 bits per heavy atom. The number of aromatic hydroxyl groups is 1. The number of carbonyl (C=O) groups is 2. The minimum atomic E-state index is -0.892. The highest BCUT2D eigenvalue weighted by atomic mass is 16.6. The van der Waals surface area contributed by atoms with E-state index < -0.39 is 17.6 Å². The lowest BCUT2D eigenvalue weighted by Crippen LogP contribution is -2.51. The SMILES string of the molecule is O=C(NC1C=CC=CC1(CCNCC(=O)c1cccc(CNC[C@H](O)c2ccc(O)c3[nH]c(=O)ccc23)c1)c1ccccc1)OC1CCNCC1. The Bertz CT molecular complexity index is 1940. The van der Waals surface area contributed by atoms with Crippen LogP contribution in [0, 0.1) is 0 Å². The predicted octanol–water partition coefficient (Wildman–Crippen LogP) is 4.13. The van der Waals surface area contributed by atoms with Crippen molar-refractivity contribution >= 4 is 22.8 Å². The van der Waals surface area contributed by atoms with Gasteiger partial charge >= 0.3 is 6.09 Å². The molecule has 1 aromatic heterocycles. The smallest absolute Gasteiger partial charge is 0.407 e. The van der Waals surface area contributed by atoms with Crippen molar-refractivity contribution in [1.82, 2.24) is 26.3 Å². The van der Waals surface area contributed by atoms with Crippen LogP contribution >= 0.6 is 0 Å². The van der Waals surface area contributed by atoms with Gasteiger partial charge in [0.1, 0.15) is 11.9 Å². The summed E-state index contributed by atoms with van der Waals surface area (Å²) < 4.78 is 5.77. The highest BCUT2D eigenvalue weighted by molar-refractivity contribution is 5.97. The number of pyridine rings is 1. The monoisotopic (exact) mass is 691 g/mol. The molecule has 11 heteroatoms. The van der Waals surface area contributed by atoms with Gasteiger partial charge in [-0.15, -0.1) is 0 Å². The summed E-state index contributed by atoms with van der Waals surface area (Å²) in [6.07, 6.45) is 8.85. The lowest BCUT2D eigenvalue weighted by Gasteiger charge is -2.40. The van der Waals surface area contributed by atoms with Gasteiger partial charge in [0.15, 0.2) is 5.78 Å². The number of phenolic OH excluding ortho intramolecular Hbond substituents is 1. The van der Waals surface area contributed by atoms with Crippen LogP contribution in [0.2, 0.25) is 0 Å². The molecule has 1 aliphatic carbocycles. The van der Waals surface area contributed by atoms with Crippen molar-refractivity contribution in [3.05, 3.63) is 136 Å². The fraction of sp³-hybridized carbons (Fsp3) is 0.325. The average Bonchev–Trinajstić information content (AvgIpc) is 3.15. The molecule has 11 nitrogen and oxygen atoms in total. The number of nitrogens with one attached hydrogen (secondary N) is 5. The van der Waals surface area contributed by atoms with E-state index in [0.717, 1.165) is 37.1 Å². The summed E-state index contributed by atoms with van der Waals surface area (Å²) in [5, 5.41) is 34.6. The number of amides is 1. The molecule has 0 radical (unpaired) electrons. The van der Waals surface area contributed by atoms with E-state index in [0.29, 0.717) is 36.0 Å². The number of aliphatic hydroxyl groups is 1. The molecule has 2 aliphatic rings. The number of H-pyrrole nitrogens is 1. The maximum Gasteiger partial charge on any atom is 0.407 e. The van der Waals surface area contributed by atoms with Crippen molar-refractivity contribution in [2.75, 3.05) is 32.7 Å². The third-order valence-electron chi connectivity index (χ3n) is 9.69. The molecule has 2 heterocycles. The molecule has 4 aromatic rings. The lowest BCUT2D eigenvalue weighted by molar-refractivity contribution is 0.0760. The standard InChI is InChI=1S/C40H45N5O6/c46-33-14-12-31(32-13-15-37(49)45-38(32)33)35(48)26-43-24-27-7-6-8-28(23-27)34(47)25-42-22-19-40(29-9-2-1-3-10-29)18-5-4-11-36(40)44-39(50)51-30-16-20-41-21-17-30/h1-15,18,23,30,35-36,41-43,46,48H,16-17,19-22,24-26H2,(H,44,50)(H,45,49)/t35-,36?,40?/m0/s1. The van der Waals surface area contributed by atoms with Gasteiger partial charge in [0.05, 0.1) is 24.2 Å². The van der Waals surface area contributed by atoms with Gasteiger partial charge < -0.3 is 41.2 Å². The first kappa shape index (κ1) is 35.7. The summed E-state index contributed by atoms with van der Waals surface area (Å²) in [7, 11) is 0. The number of aliphatic hydroxyl groups excluding tert-OH is 1. The van der Waals surface area contributed by atoms with Crippen LogP contribution in [0.3, 0.4) is 0 Å². The van der Waals surface area contributed by atoms with Crippen molar-refractivity contribution < 1.29 is 24.5 Å². The van der Waals surface area contributed by atoms with Crippen LogP contribution in [-0.2, 0) is 16.7 Å². The molecular formula is C40H45N5O6. The molecule has 0 spiro atoms.